The smallest absolute Gasteiger partial charge is 0.313 e. The number of rotatable bonds is 7. The summed E-state index contributed by atoms with van der Waals surface area (Å²) in [6, 6.07) is 7.36. The minimum atomic E-state index is -0.650. The molecule has 0 fully saturated rings. The first-order valence-electron chi connectivity index (χ1n) is 6.49. The van der Waals surface area contributed by atoms with Gasteiger partial charge in [0.25, 0.3) is 0 Å². The highest BCUT2D eigenvalue weighted by Gasteiger charge is 2.14. The molecule has 20 heavy (non-hydrogen) atoms. The van der Waals surface area contributed by atoms with Crippen LogP contribution in [0, 0.1) is 0 Å². The van der Waals surface area contributed by atoms with E-state index in [1.165, 1.54) is 11.8 Å². The van der Waals surface area contributed by atoms with Crippen molar-refractivity contribution in [2.24, 2.45) is 0 Å². The fourth-order valence-electron chi connectivity index (χ4n) is 1.53. The van der Waals surface area contributed by atoms with Crippen LogP contribution in [0.2, 0.25) is 0 Å². The average molecular weight is 296 g/mol. The number of anilines is 1. The molecule has 2 amide bonds. The van der Waals surface area contributed by atoms with Crippen LogP contribution >= 0.6 is 11.8 Å². The molecule has 0 atom stereocenters. The van der Waals surface area contributed by atoms with Gasteiger partial charge in [-0.15, -0.1) is 11.8 Å². The molecule has 2 N–H and O–H groups in total. The molecule has 0 bridgehead atoms. The van der Waals surface area contributed by atoms with Crippen molar-refractivity contribution in [3.8, 4) is 0 Å². The standard InChI is InChI=1S/C14H20N2O3S/c1-3-19-10-6-9-15-13(17)14(18)16-11-7-4-5-8-12(11)20-2/h4-5,7-8H,3,6,9-10H2,1-2H3,(H,15,17)(H,16,18). The zero-order chi connectivity index (χ0) is 14.8. The van der Waals surface area contributed by atoms with Gasteiger partial charge in [-0.25, -0.2) is 0 Å². The number of hydrogen-bond donors (Lipinski definition) is 2. The molecule has 5 nitrogen and oxygen atoms in total. The van der Waals surface area contributed by atoms with E-state index in [-0.39, 0.29) is 0 Å². The summed E-state index contributed by atoms with van der Waals surface area (Å²) in [5.74, 6) is -1.28. The van der Waals surface area contributed by atoms with Crippen molar-refractivity contribution < 1.29 is 14.3 Å². The second-order valence-corrected chi connectivity index (χ2v) is 4.81. The van der Waals surface area contributed by atoms with Gasteiger partial charge >= 0.3 is 11.8 Å². The summed E-state index contributed by atoms with van der Waals surface area (Å²) in [4.78, 5) is 24.3. The lowest BCUT2D eigenvalue weighted by atomic mass is 10.3. The van der Waals surface area contributed by atoms with Crippen molar-refractivity contribution in [2.75, 3.05) is 31.3 Å². The molecule has 0 aliphatic rings. The van der Waals surface area contributed by atoms with Gasteiger partial charge in [-0.05, 0) is 31.7 Å². The molecular weight excluding hydrogens is 276 g/mol. The van der Waals surface area contributed by atoms with Gasteiger partial charge in [0.05, 0.1) is 5.69 Å². The van der Waals surface area contributed by atoms with E-state index in [9.17, 15) is 9.59 Å². The molecular formula is C14H20N2O3S. The maximum atomic E-state index is 11.7. The number of carbonyl (C=O) groups is 2. The van der Waals surface area contributed by atoms with Crippen LogP contribution in [0.3, 0.4) is 0 Å². The third-order valence-corrected chi connectivity index (χ3v) is 3.31. The molecule has 0 heterocycles. The number of thioether (sulfide) groups is 1. The zero-order valence-electron chi connectivity index (χ0n) is 11.8. The van der Waals surface area contributed by atoms with Gasteiger partial charge in [0.1, 0.15) is 0 Å². The van der Waals surface area contributed by atoms with Crippen molar-refractivity contribution in [3.63, 3.8) is 0 Å². The van der Waals surface area contributed by atoms with Gasteiger partial charge in [0.2, 0.25) is 0 Å². The first-order chi connectivity index (χ1) is 9.69. The summed E-state index contributed by atoms with van der Waals surface area (Å²) in [7, 11) is 0. The van der Waals surface area contributed by atoms with Crippen LogP contribution in [0.1, 0.15) is 13.3 Å². The fraction of sp³-hybridized carbons (Fsp3) is 0.429. The third-order valence-electron chi connectivity index (χ3n) is 2.52. The van der Waals surface area contributed by atoms with Crippen LogP contribution in [0.15, 0.2) is 29.2 Å². The SMILES string of the molecule is CCOCCCNC(=O)C(=O)Nc1ccccc1SC. The predicted molar refractivity (Wildman–Crippen MR) is 81.0 cm³/mol. The molecule has 1 aromatic carbocycles. The lowest BCUT2D eigenvalue weighted by molar-refractivity contribution is -0.136. The predicted octanol–water partition coefficient (Wildman–Crippen LogP) is 1.89. The van der Waals surface area contributed by atoms with Crippen molar-refractivity contribution in [3.05, 3.63) is 24.3 Å². The zero-order valence-corrected chi connectivity index (χ0v) is 12.6. The summed E-state index contributed by atoms with van der Waals surface area (Å²) >= 11 is 1.51. The maximum absolute atomic E-state index is 11.7. The highest BCUT2D eigenvalue weighted by atomic mass is 32.2. The summed E-state index contributed by atoms with van der Waals surface area (Å²) in [5.41, 5.74) is 0.648. The Balaban J connectivity index is 2.40. The van der Waals surface area contributed by atoms with Gasteiger partial charge in [0.15, 0.2) is 0 Å². The van der Waals surface area contributed by atoms with Crippen molar-refractivity contribution in [1.29, 1.82) is 0 Å². The van der Waals surface area contributed by atoms with E-state index < -0.39 is 11.8 Å². The Kier molecular flexibility index (Phi) is 7.75. The number of hydrogen-bond acceptors (Lipinski definition) is 4. The molecule has 0 radical (unpaired) electrons. The van der Waals surface area contributed by atoms with E-state index in [0.717, 1.165) is 4.90 Å². The topological polar surface area (TPSA) is 67.4 Å². The molecule has 0 unspecified atom stereocenters. The Morgan fingerprint density at radius 2 is 2.00 bits per heavy atom. The Morgan fingerprint density at radius 3 is 2.70 bits per heavy atom. The van der Waals surface area contributed by atoms with Gasteiger partial charge in [-0.1, -0.05) is 12.1 Å². The number of para-hydroxylation sites is 1. The molecule has 0 aromatic heterocycles. The van der Waals surface area contributed by atoms with Crippen LogP contribution in [0.25, 0.3) is 0 Å². The Morgan fingerprint density at radius 1 is 1.25 bits per heavy atom. The second-order valence-electron chi connectivity index (χ2n) is 3.96. The van der Waals surface area contributed by atoms with Crippen LogP contribution in [-0.2, 0) is 14.3 Å². The number of nitrogens with one attached hydrogen (secondary N) is 2. The molecule has 1 aromatic rings. The van der Waals surface area contributed by atoms with Crippen LogP contribution in [0.5, 0.6) is 0 Å². The highest BCUT2D eigenvalue weighted by Crippen LogP contribution is 2.24. The second kappa shape index (κ2) is 9.39. The number of benzene rings is 1. The molecule has 0 saturated heterocycles. The van der Waals surface area contributed by atoms with E-state index in [4.69, 9.17) is 4.74 Å². The Hall–Kier alpha value is -1.53. The number of amides is 2. The average Bonchev–Trinajstić information content (AvgIpc) is 2.47. The van der Waals surface area contributed by atoms with Crippen molar-refractivity contribution >= 4 is 29.3 Å². The summed E-state index contributed by atoms with van der Waals surface area (Å²) in [6.45, 7) is 3.57. The normalized spacial score (nSPS) is 10.1. The van der Waals surface area contributed by atoms with E-state index >= 15 is 0 Å². The largest absolute Gasteiger partial charge is 0.382 e. The van der Waals surface area contributed by atoms with E-state index in [0.29, 0.717) is 31.9 Å². The molecule has 1 rings (SSSR count). The van der Waals surface area contributed by atoms with Crippen LogP contribution < -0.4 is 10.6 Å². The van der Waals surface area contributed by atoms with Gasteiger partial charge < -0.3 is 15.4 Å². The minimum Gasteiger partial charge on any atom is -0.382 e. The molecule has 6 heteroatoms. The molecule has 0 saturated carbocycles. The monoisotopic (exact) mass is 296 g/mol. The summed E-state index contributed by atoms with van der Waals surface area (Å²) in [5, 5.41) is 5.17. The molecule has 0 spiro atoms. The van der Waals surface area contributed by atoms with Gasteiger partial charge in [-0.2, -0.15) is 0 Å². The first kappa shape index (κ1) is 16.5. The molecule has 0 aliphatic heterocycles. The van der Waals surface area contributed by atoms with E-state index in [1.54, 1.807) is 6.07 Å². The highest BCUT2D eigenvalue weighted by molar-refractivity contribution is 7.98. The van der Waals surface area contributed by atoms with Crippen molar-refractivity contribution in [2.45, 2.75) is 18.2 Å². The van der Waals surface area contributed by atoms with Crippen LogP contribution in [-0.4, -0.2) is 37.8 Å². The van der Waals surface area contributed by atoms with Gasteiger partial charge in [0, 0.05) is 24.7 Å². The van der Waals surface area contributed by atoms with E-state index in [2.05, 4.69) is 10.6 Å². The molecule has 110 valence electrons. The lowest BCUT2D eigenvalue weighted by Crippen LogP contribution is -2.36. The third kappa shape index (κ3) is 5.63. The van der Waals surface area contributed by atoms with Crippen LogP contribution in [0.4, 0.5) is 5.69 Å². The quantitative estimate of drug-likeness (QED) is 0.458. The minimum absolute atomic E-state index is 0.427. The molecule has 0 aliphatic carbocycles. The first-order valence-corrected chi connectivity index (χ1v) is 7.71. The number of carbonyl (C=O) groups excluding carboxylic acids is 2. The number of ether oxygens (including phenoxy) is 1. The van der Waals surface area contributed by atoms with E-state index in [1.807, 2.05) is 31.4 Å². The lowest BCUT2D eigenvalue weighted by Gasteiger charge is -2.09. The Bertz CT molecular complexity index is 452. The Labute approximate surface area is 123 Å². The van der Waals surface area contributed by atoms with Gasteiger partial charge in [-0.3, -0.25) is 9.59 Å². The summed E-state index contributed by atoms with van der Waals surface area (Å²) in [6.07, 6.45) is 2.60. The summed E-state index contributed by atoms with van der Waals surface area (Å²) < 4.78 is 5.15. The van der Waals surface area contributed by atoms with Crippen molar-refractivity contribution in [1.82, 2.24) is 5.32 Å². The maximum Gasteiger partial charge on any atom is 0.313 e. The fourth-order valence-corrected chi connectivity index (χ4v) is 2.08.